The van der Waals surface area contributed by atoms with Crippen molar-refractivity contribution >= 4 is 17.6 Å². The maximum absolute atomic E-state index is 12.3. The molecule has 6 nitrogen and oxygen atoms in total. The Balaban J connectivity index is 2.71. The van der Waals surface area contributed by atoms with E-state index in [9.17, 15) is 9.59 Å². The molecule has 0 saturated heterocycles. The summed E-state index contributed by atoms with van der Waals surface area (Å²) in [7, 11) is 0. The number of rotatable bonds is 9. The summed E-state index contributed by atoms with van der Waals surface area (Å²) in [4.78, 5) is 24.1. The number of carbonyl (C=O) groups excluding carboxylic acids is 2. The van der Waals surface area contributed by atoms with Crippen molar-refractivity contribution < 1.29 is 19.1 Å². The molecular formula is C21H28N2O4. The average molecular weight is 372 g/mol. The molecule has 1 aromatic carbocycles. The number of hydrogen-bond acceptors (Lipinski definition) is 5. The van der Waals surface area contributed by atoms with Crippen LogP contribution in [0, 0.1) is 0 Å². The van der Waals surface area contributed by atoms with Gasteiger partial charge in [-0.1, -0.05) is 31.4 Å². The summed E-state index contributed by atoms with van der Waals surface area (Å²) in [5.41, 5.74) is 5.80. The summed E-state index contributed by atoms with van der Waals surface area (Å²) in [5, 5.41) is 2.73. The van der Waals surface area contributed by atoms with Crippen LogP contribution in [0.5, 0.6) is 5.75 Å². The lowest BCUT2D eigenvalue weighted by atomic mass is 10.1. The highest BCUT2D eigenvalue weighted by Crippen LogP contribution is 2.26. The molecule has 0 aliphatic rings. The highest BCUT2D eigenvalue weighted by molar-refractivity contribution is 5.96. The highest BCUT2D eigenvalue weighted by Gasteiger charge is 2.20. The molecule has 1 amide bonds. The molecule has 0 heterocycles. The first-order chi connectivity index (χ1) is 12.7. The SMILES string of the molecule is C=C/C=C(\C=C)Oc1ccccc1NC(=O)C(N)CCC(=O)OC(C)(C)C. The second-order valence-electron chi connectivity index (χ2n) is 6.83. The summed E-state index contributed by atoms with van der Waals surface area (Å²) in [6, 6.07) is 6.10. The summed E-state index contributed by atoms with van der Waals surface area (Å²) >= 11 is 0. The van der Waals surface area contributed by atoms with Gasteiger partial charge in [-0.3, -0.25) is 9.59 Å². The quantitative estimate of drug-likeness (QED) is 0.392. The van der Waals surface area contributed by atoms with Gasteiger partial charge in [0.2, 0.25) is 5.91 Å². The Morgan fingerprint density at radius 1 is 1.26 bits per heavy atom. The van der Waals surface area contributed by atoms with Crippen LogP contribution >= 0.6 is 0 Å². The van der Waals surface area contributed by atoms with Gasteiger partial charge in [-0.2, -0.15) is 0 Å². The summed E-state index contributed by atoms with van der Waals surface area (Å²) in [6.07, 6.45) is 5.00. The molecule has 0 saturated carbocycles. The number of hydrogen-bond donors (Lipinski definition) is 2. The number of allylic oxidation sites excluding steroid dienone is 3. The Kier molecular flexibility index (Phi) is 8.48. The Bertz CT molecular complexity index is 717. The van der Waals surface area contributed by atoms with E-state index >= 15 is 0 Å². The van der Waals surface area contributed by atoms with Gasteiger partial charge in [0.15, 0.2) is 5.75 Å². The fraction of sp³-hybridized carbons (Fsp3) is 0.333. The van der Waals surface area contributed by atoms with Crippen molar-refractivity contribution in [1.82, 2.24) is 0 Å². The molecule has 0 spiro atoms. The van der Waals surface area contributed by atoms with Crippen LogP contribution in [0.1, 0.15) is 33.6 Å². The molecule has 1 aromatic rings. The zero-order valence-electron chi connectivity index (χ0n) is 16.2. The third-order valence-corrected chi connectivity index (χ3v) is 3.27. The van der Waals surface area contributed by atoms with Crippen LogP contribution in [-0.2, 0) is 14.3 Å². The van der Waals surface area contributed by atoms with Gasteiger partial charge < -0.3 is 20.5 Å². The molecule has 0 aliphatic heterocycles. The molecule has 1 unspecified atom stereocenters. The molecule has 0 aromatic heterocycles. The topological polar surface area (TPSA) is 90.6 Å². The summed E-state index contributed by atoms with van der Waals surface area (Å²) < 4.78 is 10.9. The minimum Gasteiger partial charge on any atom is -0.460 e. The summed E-state index contributed by atoms with van der Waals surface area (Å²) in [5.74, 6) is 0.126. The van der Waals surface area contributed by atoms with Crippen molar-refractivity contribution in [3.8, 4) is 5.75 Å². The Morgan fingerprint density at radius 2 is 1.93 bits per heavy atom. The molecule has 1 atom stereocenters. The van der Waals surface area contributed by atoms with Gasteiger partial charge in [-0.15, -0.1) is 0 Å². The van der Waals surface area contributed by atoms with Crippen LogP contribution in [-0.4, -0.2) is 23.5 Å². The minimum absolute atomic E-state index is 0.0622. The molecule has 146 valence electrons. The number of benzene rings is 1. The van der Waals surface area contributed by atoms with E-state index in [1.54, 1.807) is 57.2 Å². The lowest BCUT2D eigenvalue weighted by Gasteiger charge is -2.20. The predicted octanol–water partition coefficient (Wildman–Crippen LogP) is 3.71. The van der Waals surface area contributed by atoms with Gasteiger partial charge in [0.25, 0.3) is 0 Å². The maximum atomic E-state index is 12.3. The third-order valence-electron chi connectivity index (χ3n) is 3.27. The van der Waals surface area contributed by atoms with Gasteiger partial charge in [0.1, 0.15) is 11.4 Å². The van der Waals surface area contributed by atoms with E-state index in [2.05, 4.69) is 18.5 Å². The number of nitrogens with two attached hydrogens (primary N) is 1. The second kappa shape index (κ2) is 10.3. The fourth-order valence-corrected chi connectivity index (χ4v) is 2.07. The van der Waals surface area contributed by atoms with Crippen molar-refractivity contribution in [2.45, 2.75) is 45.3 Å². The average Bonchev–Trinajstić information content (AvgIpc) is 2.59. The van der Waals surface area contributed by atoms with Crippen molar-refractivity contribution in [3.05, 3.63) is 61.4 Å². The van der Waals surface area contributed by atoms with Crippen molar-refractivity contribution in [2.24, 2.45) is 5.73 Å². The van der Waals surface area contributed by atoms with E-state index in [0.29, 0.717) is 17.2 Å². The van der Waals surface area contributed by atoms with Gasteiger partial charge >= 0.3 is 5.97 Å². The molecule has 27 heavy (non-hydrogen) atoms. The van der Waals surface area contributed by atoms with E-state index in [1.807, 2.05) is 0 Å². The first kappa shape index (κ1) is 22.2. The number of nitrogens with one attached hydrogen (secondary N) is 1. The molecular weight excluding hydrogens is 344 g/mol. The maximum Gasteiger partial charge on any atom is 0.306 e. The highest BCUT2D eigenvalue weighted by atomic mass is 16.6. The number of amides is 1. The Labute approximate surface area is 160 Å². The van der Waals surface area contributed by atoms with Crippen LogP contribution < -0.4 is 15.8 Å². The van der Waals surface area contributed by atoms with E-state index in [-0.39, 0.29) is 18.8 Å². The number of para-hydroxylation sites is 2. The Morgan fingerprint density at radius 3 is 2.52 bits per heavy atom. The van der Waals surface area contributed by atoms with Gasteiger partial charge in [0, 0.05) is 6.42 Å². The lowest BCUT2D eigenvalue weighted by molar-refractivity contribution is -0.155. The molecule has 0 radical (unpaired) electrons. The molecule has 0 fully saturated rings. The predicted molar refractivity (Wildman–Crippen MR) is 107 cm³/mol. The zero-order valence-corrected chi connectivity index (χ0v) is 16.2. The first-order valence-electron chi connectivity index (χ1n) is 8.66. The second-order valence-corrected chi connectivity index (χ2v) is 6.83. The monoisotopic (exact) mass is 372 g/mol. The largest absolute Gasteiger partial charge is 0.460 e. The van der Waals surface area contributed by atoms with Crippen molar-refractivity contribution in [3.63, 3.8) is 0 Å². The minimum atomic E-state index is -0.854. The van der Waals surface area contributed by atoms with Gasteiger partial charge in [-0.25, -0.2) is 0 Å². The molecule has 0 aliphatic carbocycles. The normalized spacial score (nSPS) is 12.7. The van der Waals surface area contributed by atoms with Crippen LogP contribution in [0.25, 0.3) is 0 Å². The van der Waals surface area contributed by atoms with E-state index in [1.165, 1.54) is 6.08 Å². The fourth-order valence-electron chi connectivity index (χ4n) is 2.07. The van der Waals surface area contributed by atoms with Crippen LogP contribution in [0.4, 0.5) is 5.69 Å². The van der Waals surface area contributed by atoms with E-state index in [4.69, 9.17) is 15.2 Å². The summed E-state index contributed by atoms with van der Waals surface area (Å²) in [6.45, 7) is 12.6. The molecule has 6 heteroatoms. The van der Waals surface area contributed by atoms with Gasteiger partial charge in [-0.05, 0) is 51.5 Å². The lowest BCUT2D eigenvalue weighted by Crippen LogP contribution is -2.36. The smallest absolute Gasteiger partial charge is 0.306 e. The molecule has 1 rings (SSSR count). The molecule has 0 bridgehead atoms. The van der Waals surface area contributed by atoms with E-state index < -0.39 is 17.6 Å². The Hall–Kier alpha value is -2.86. The number of esters is 1. The number of carbonyl (C=O) groups is 2. The third kappa shape index (κ3) is 8.37. The first-order valence-corrected chi connectivity index (χ1v) is 8.66. The van der Waals surface area contributed by atoms with Crippen LogP contribution in [0.3, 0.4) is 0 Å². The standard InChI is InChI=1S/C21H28N2O4/c1-6-10-15(7-2)26-18-12-9-8-11-17(18)23-20(25)16(22)13-14-19(24)27-21(3,4)5/h6-12,16H,1-2,13-14,22H2,3-5H3,(H,23,25)/b15-10+. The molecule has 3 N–H and O–H groups in total. The van der Waals surface area contributed by atoms with E-state index in [0.717, 1.165) is 0 Å². The zero-order chi connectivity index (χ0) is 20.4. The van der Waals surface area contributed by atoms with Crippen LogP contribution in [0.15, 0.2) is 61.4 Å². The number of anilines is 1. The van der Waals surface area contributed by atoms with Gasteiger partial charge in [0.05, 0.1) is 11.7 Å². The number of ether oxygens (including phenoxy) is 2. The van der Waals surface area contributed by atoms with Crippen LogP contribution in [0.2, 0.25) is 0 Å². The van der Waals surface area contributed by atoms with Crippen molar-refractivity contribution in [1.29, 1.82) is 0 Å². The van der Waals surface area contributed by atoms with Crippen molar-refractivity contribution in [2.75, 3.05) is 5.32 Å².